The molecule has 0 radical (unpaired) electrons. The first-order chi connectivity index (χ1) is 14.2. The molecule has 1 N–H and O–H groups in total. The SMILES string of the molecule is O=C(COc1ccccc1Cl)Nc1ccccc1-c1nc(-c2cccnc2)no1. The summed E-state index contributed by atoms with van der Waals surface area (Å²) < 4.78 is 10.9. The van der Waals surface area contributed by atoms with E-state index < -0.39 is 0 Å². The van der Waals surface area contributed by atoms with Gasteiger partial charge in [0.1, 0.15) is 5.75 Å². The lowest BCUT2D eigenvalue weighted by molar-refractivity contribution is -0.118. The topological polar surface area (TPSA) is 90.1 Å². The monoisotopic (exact) mass is 406 g/mol. The third-order valence-electron chi connectivity index (χ3n) is 3.97. The van der Waals surface area contributed by atoms with Crippen LogP contribution >= 0.6 is 11.6 Å². The molecule has 0 spiro atoms. The van der Waals surface area contributed by atoms with Gasteiger partial charge in [0.25, 0.3) is 11.8 Å². The van der Waals surface area contributed by atoms with Crippen LogP contribution in [0.1, 0.15) is 0 Å². The Hall–Kier alpha value is -3.71. The highest BCUT2D eigenvalue weighted by Gasteiger charge is 2.16. The average molecular weight is 407 g/mol. The predicted octanol–water partition coefficient (Wildman–Crippen LogP) is 4.47. The summed E-state index contributed by atoms with van der Waals surface area (Å²) >= 11 is 6.04. The molecule has 144 valence electrons. The van der Waals surface area contributed by atoms with Crippen molar-refractivity contribution in [2.75, 3.05) is 11.9 Å². The molecule has 2 aromatic heterocycles. The predicted molar refractivity (Wildman–Crippen MR) is 109 cm³/mol. The van der Waals surface area contributed by atoms with Gasteiger partial charge in [-0.25, -0.2) is 0 Å². The summed E-state index contributed by atoms with van der Waals surface area (Å²) in [6, 6.07) is 17.7. The van der Waals surface area contributed by atoms with Gasteiger partial charge in [-0.2, -0.15) is 4.98 Å². The summed E-state index contributed by atoms with van der Waals surface area (Å²) in [7, 11) is 0. The fourth-order valence-electron chi connectivity index (χ4n) is 2.62. The quantitative estimate of drug-likeness (QED) is 0.508. The minimum absolute atomic E-state index is 0.192. The number of carbonyl (C=O) groups is 1. The fraction of sp³-hybridized carbons (Fsp3) is 0.0476. The zero-order chi connectivity index (χ0) is 20.1. The highest BCUT2D eigenvalue weighted by molar-refractivity contribution is 6.32. The smallest absolute Gasteiger partial charge is 0.262 e. The molecule has 2 aromatic carbocycles. The van der Waals surface area contributed by atoms with Crippen LogP contribution in [0.25, 0.3) is 22.8 Å². The van der Waals surface area contributed by atoms with E-state index in [2.05, 4.69) is 20.4 Å². The molecule has 1 amide bonds. The number of nitrogens with zero attached hydrogens (tertiary/aromatic N) is 3. The average Bonchev–Trinajstić information content (AvgIpc) is 3.24. The summed E-state index contributed by atoms with van der Waals surface area (Å²) in [4.78, 5) is 20.8. The number of amides is 1. The number of anilines is 1. The van der Waals surface area contributed by atoms with Crippen LogP contribution in [0.2, 0.25) is 5.02 Å². The van der Waals surface area contributed by atoms with Crippen molar-refractivity contribution in [2.24, 2.45) is 0 Å². The highest BCUT2D eigenvalue weighted by atomic mass is 35.5. The molecule has 0 aliphatic heterocycles. The van der Waals surface area contributed by atoms with Crippen molar-refractivity contribution in [1.29, 1.82) is 0 Å². The van der Waals surface area contributed by atoms with Crippen LogP contribution in [0, 0.1) is 0 Å². The van der Waals surface area contributed by atoms with Crippen molar-refractivity contribution in [3.8, 4) is 28.6 Å². The van der Waals surface area contributed by atoms with Crippen LogP contribution < -0.4 is 10.1 Å². The second kappa shape index (κ2) is 8.53. The van der Waals surface area contributed by atoms with E-state index in [0.717, 1.165) is 5.56 Å². The van der Waals surface area contributed by atoms with Gasteiger partial charge in [0.2, 0.25) is 5.82 Å². The minimum Gasteiger partial charge on any atom is -0.482 e. The van der Waals surface area contributed by atoms with E-state index in [1.807, 2.05) is 12.1 Å². The van der Waals surface area contributed by atoms with Gasteiger partial charge in [0.15, 0.2) is 6.61 Å². The number of aromatic nitrogens is 3. The van der Waals surface area contributed by atoms with Crippen LogP contribution in [0.3, 0.4) is 0 Å². The van der Waals surface area contributed by atoms with Crippen LogP contribution in [0.5, 0.6) is 5.75 Å². The van der Waals surface area contributed by atoms with Gasteiger partial charge in [0.05, 0.1) is 16.3 Å². The first-order valence-corrected chi connectivity index (χ1v) is 9.09. The molecule has 0 saturated carbocycles. The largest absolute Gasteiger partial charge is 0.482 e. The standard InChI is InChI=1S/C21H15ClN4O3/c22-16-8-2-4-10-18(16)28-13-19(27)24-17-9-3-1-7-15(17)21-25-20(26-29-21)14-6-5-11-23-12-14/h1-12H,13H2,(H,24,27). The lowest BCUT2D eigenvalue weighted by Crippen LogP contribution is -2.20. The molecule has 4 aromatic rings. The molecule has 29 heavy (non-hydrogen) atoms. The Balaban J connectivity index is 1.49. The molecule has 0 aliphatic carbocycles. The van der Waals surface area contributed by atoms with Crippen LogP contribution in [-0.4, -0.2) is 27.6 Å². The maximum atomic E-state index is 12.4. The van der Waals surface area contributed by atoms with Crippen LogP contribution in [0.4, 0.5) is 5.69 Å². The van der Waals surface area contributed by atoms with Crippen molar-refractivity contribution in [3.63, 3.8) is 0 Å². The van der Waals surface area contributed by atoms with E-state index >= 15 is 0 Å². The Morgan fingerprint density at radius 3 is 2.72 bits per heavy atom. The van der Waals surface area contributed by atoms with Crippen LogP contribution in [-0.2, 0) is 4.79 Å². The number of hydrogen-bond donors (Lipinski definition) is 1. The summed E-state index contributed by atoms with van der Waals surface area (Å²) in [5.74, 6) is 0.794. The number of nitrogens with one attached hydrogen (secondary N) is 1. The van der Waals surface area contributed by atoms with Gasteiger partial charge in [-0.15, -0.1) is 0 Å². The molecular weight excluding hydrogens is 392 g/mol. The Labute approximate surface area is 171 Å². The summed E-state index contributed by atoms with van der Waals surface area (Å²) in [6.07, 6.45) is 3.31. The lowest BCUT2D eigenvalue weighted by Gasteiger charge is -2.10. The van der Waals surface area contributed by atoms with E-state index in [4.69, 9.17) is 20.9 Å². The molecule has 7 nitrogen and oxygen atoms in total. The Morgan fingerprint density at radius 2 is 1.90 bits per heavy atom. The number of hydrogen-bond acceptors (Lipinski definition) is 6. The fourth-order valence-corrected chi connectivity index (χ4v) is 2.81. The van der Waals surface area contributed by atoms with E-state index in [0.29, 0.717) is 27.8 Å². The molecule has 8 heteroatoms. The molecule has 0 unspecified atom stereocenters. The van der Waals surface area contributed by atoms with Gasteiger partial charge >= 0.3 is 0 Å². The zero-order valence-corrected chi connectivity index (χ0v) is 15.8. The summed E-state index contributed by atoms with van der Waals surface area (Å²) in [5.41, 5.74) is 1.86. The maximum absolute atomic E-state index is 12.4. The number of para-hydroxylation sites is 2. The van der Waals surface area contributed by atoms with E-state index in [9.17, 15) is 4.79 Å². The molecule has 0 bridgehead atoms. The highest BCUT2D eigenvalue weighted by Crippen LogP contribution is 2.28. The van der Waals surface area contributed by atoms with Gasteiger partial charge in [-0.1, -0.05) is 41.0 Å². The molecule has 0 saturated heterocycles. The summed E-state index contributed by atoms with van der Waals surface area (Å²) in [6.45, 7) is -0.192. The molecule has 0 fully saturated rings. The third-order valence-corrected chi connectivity index (χ3v) is 4.28. The van der Waals surface area contributed by atoms with E-state index in [1.165, 1.54) is 0 Å². The minimum atomic E-state index is -0.343. The Kier molecular flexibility index (Phi) is 5.49. The van der Waals surface area contributed by atoms with Gasteiger partial charge < -0.3 is 14.6 Å². The van der Waals surface area contributed by atoms with Crippen molar-refractivity contribution < 1.29 is 14.1 Å². The number of rotatable bonds is 6. The second-order valence-corrected chi connectivity index (χ2v) is 6.38. The third kappa shape index (κ3) is 4.41. The van der Waals surface area contributed by atoms with E-state index in [-0.39, 0.29) is 18.4 Å². The zero-order valence-electron chi connectivity index (χ0n) is 15.1. The van der Waals surface area contributed by atoms with Crippen molar-refractivity contribution in [1.82, 2.24) is 15.1 Å². The molecule has 0 aliphatic rings. The van der Waals surface area contributed by atoms with Gasteiger partial charge in [-0.3, -0.25) is 9.78 Å². The first kappa shape index (κ1) is 18.6. The Morgan fingerprint density at radius 1 is 1.07 bits per heavy atom. The Bertz CT molecular complexity index is 1130. The summed E-state index contributed by atoms with van der Waals surface area (Å²) in [5, 5.41) is 7.23. The number of ether oxygens (including phenoxy) is 1. The molecular formula is C21H15ClN4O3. The molecule has 2 heterocycles. The van der Waals surface area contributed by atoms with Crippen LogP contribution in [0.15, 0.2) is 77.6 Å². The normalized spacial score (nSPS) is 10.5. The molecule has 4 rings (SSSR count). The molecule has 0 atom stereocenters. The van der Waals surface area contributed by atoms with Gasteiger partial charge in [-0.05, 0) is 36.4 Å². The van der Waals surface area contributed by atoms with Crippen molar-refractivity contribution in [3.05, 3.63) is 78.1 Å². The lowest BCUT2D eigenvalue weighted by atomic mass is 10.1. The van der Waals surface area contributed by atoms with Crippen molar-refractivity contribution >= 4 is 23.2 Å². The van der Waals surface area contributed by atoms with Gasteiger partial charge in [0, 0.05) is 18.0 Å². The number of carbonyl (C=O) groups excluding carboxylic acids is 1. The van der Waals surface area contributed by atoms with E-state index in [1.54, 1.807) is 60.9 Å². The number of halogens is 1. The first-order valence-electron chi connectivity index (χ1n) is 8.71. The van der Waals surface area contributed by atoms with Crippen molar-refractivity contribution in [2.45, 2.75) is 0 Å². The maximum Gasteiger partial charge on any atom is 0.262 e. The number of benzene rings is 2. The second-order valence-electron chi connectivity index (χ2n) is 5.98. The number of pyridine rings is 1.